The number of ketones is 1. The van der Waals surface area contributed by atoms with Gasteiger partial charge < -0.3 is 14.6 Å². The number of amides is 1. The normalized spacial score (nSPS) is 13.6. The van der Waals surface area contributed by atoms with Crippen LogP contribution in [0.5, 0.6) is 0 Å². The molecule has 1 aliphatic rings. The van der Waals surface area contributed by atoms with E-state index in [4.69, 9.17) is 4.74 Å². The molecule has 2 aromatic rings. The molecule has 1 saturated carbocycles. The zero-order chi connectivity index (χ0) is 21.0. The van der Waals surface area contributed by atoms with Crippen molar-refractivity contribution in [2.75, 3.05) is 13.2 Å². The van der Waals surface area contributed by atoms with Gasteiger partial charge in [-0.2, -0.15) is 0 Å². The molecule has 0 saturated heterocycles. The van der Waals surface area contributed by atoms with Gasteiger partial charge in [-0.25, -0.2) is 4.79 Å². The van der Waals surface area contributed by atoms with Crippen molar-refractivity contribution in [2.24, 2.45) is 5.92 Å². The lowest BCUT2D eigenvalue weighted by Gasteiger charge is -2.31. The van der Waals surface area contributed by atoms with Gasteiger partial charge in [0.1, 0.15) is 5.69 Å². The topological polar surface area (TPSA) is 92.4 Å². The number of aromatic nitrogens is 2. The van der Waals surface area contributed by atoms with Crippen molar-refractivity contribution in [3.63, 3.8) is 0 Å². The molecule has 0 unspecified atom stereocenters. The van der Waals surface area contributed by atoms with Crippen molar-refractivity contribution in [2.45, 2.75) is 46.6 Å². The molecule has 0 bridgehead atoms. The number of hydrogen-bond acceptors (Lipinski definition) is 5. The second-order valence-corrected chi connectivity index (χ2v) is 7.45. The minimum Gasteiger partial charge on any atom is -0.461 e. The monoisotopic (exact) mass is 397 g/mol. The number of rotatable bonds is 8. The lowest BCUT2D eigenvalue weighted by atomic mass is 9.84. The highest BCUT2D eigenvalue weighted by atomic mass is 16.5. The quantitative estimate of drug-likeness (QED) is 0.545. The number of ether oxygens (including phenoxy) is 1. The lowest BCUT2D eigenvalue weighted by molar-refractivity contribution is -0.138. The molecule has 0 atom stereocenters. The van der Waals surface area contributed by atoms with Gasteiger partial charge in [-0.15, -0.1) is 0 Å². The third-order valence-electron chi connectivity index (χ3n) is 5.39. The molecule has 1 amide bonds. The standard InChI is InChI=1S/C22H27N3O4/c1-4-29-22(28)20-14(2)19(15(3)24-20)18(26)13-25(21(27)17-8-5-9-17)12-16-7-6-10-23-11-16/h6-7,10-11,17,24H,4-5,8-9,12-13H2,1-3H3. The molecule has 7 heteroatoms. The number of aryl methyl sites for hydroxylation is 1. The summed E-state index contributed by atoms with van der Waals surface area (Å²) in [4.78, 5) is 46.9. The van der Waals surface area contributed by atoms with Gasteiger partial charge in [0.2, 0.25) is 5.91 Å². The summed E-state index contributed by atoms with van der Waals surface area (Å²) >= 11 is 0. The van der Waals surface area contributed by atoms with Crippen LogP contribution >= 0.6 is 0 Å². The molecule has 0 spiro atoms. The number of H-pyrrole nitrogens is 1. The van der Waals surface area contributed by atoms with Gasteiger partial charge in [0.15, 0.2) is 5.78 Å². The second-order valence-electron chi connectivity index (χ2n) is 7.45. The molecule has 154 valence electrons. The molecule has 0 radical (unpaired) electrons. The number of hydrogen-bond donors (Lipinski definition) is 1. The number of pyridine rings is 1. The fraction of sp³-hybridized carbons (Fsp3) is 0.455. The highest BCUT2D eigenvalue weighted by Gasteiger charge is 2.32. The van der Waals surface area contributed by atoms with Gasteiger partial charge in [0.05, 0.1) is 13.2 Å². The molecule has 1 N–H and O–H groups in total. The van der Waals surface area contributed by atoms with E-state index in [1.807, 2.05) is 12.1 Å². The predicted octanol–water partition coefficient (Wildman–Crippen LogP) is 3.21. The summed E-state index contributed by atoms with van der Waals surface area (Å²) in [7, 11) is 0. The Bertz CT molecular complexity index is 900. The van der Waals surface area contributed by atoms with E-state index in [9.17, 15) is 14.4 Å². The Morgan fingerprint density at radius 1 is 1.28 bits per heavy atom. The Kier molecular flexibility index (Phi) is 6.46. The summed E-state index contributed by atoms with van der Waals surface area (Å²) in [5.74, 6) is -0.679. The van der Waals surface area contributed by atoms with Gasteiger partial charge in [0, 0.05) is 36.1 Å². The van der Waals surface area contributed by atoms with Crippen LogP contribution in [-0.2, 0) is 16.1 Å². The summed E-state index contributed by atoms with van der Waals surface area (Å²) in [6, 6.07) is 3.71. The minimum absolute atomic E-state index is 0.00455. The van der Waals surface area contributed by atoms with Crippen molar-refractivity contribution in [3.05, 3.63) is 52.6 Å². The first kappa shape index (κ1) is 20.8. The summed E-state index contributed by atoms with van der Waals surface area (Å²) < 4.78 is 5.06. The smallest absolute Gasteiger partial charge is 0.355 e. The van der Waals surface area contributed by atoms with E-state index in [0.717, 1.165) is 24.8 Å². The fourth-order valence-electron chi connectivity index (χ4n) is 3.67. The largest absolute Gasteiger partial charge is 0.461 e. The third-order valence-corrected chi connectivity index (χ3v) is 5.39. The van der Waals surface area contributed by atoms with Crippen LogP contribution in [0.2, 0.25) is 0 Å². The van der Waals surface area contributed by atoms with Gasteiger partial charge in [0.25, 0.3) is 0 Å². The van der Waals surface area contributed by atoms with Gasteiger partial charge >= 0.3 is 5.97 Å². The Balaban J connectivity index is 1.82. The molecule has 2 heterocycles. The van der Waals surface area contributed by atoms with E-state index >= 15 is 0 Å². The van der Waals surface area contributed by atoms with E-state index in [1.165, 1.54) is 0 Å². The van der Waals surface area contributed by atoms with Gasteiger partial charge in [-0.1, -0.05) is 12.5 Å². The first-order valence-corrected chi connectivity index (χ1v) is 9.99. The maximum absolute atomic E-state index is 13.1. The number of Topliss-reactive ketones (excluding diaryl/α,β-unsaturated/α-hetero) is 1. The SMILES string of the molecule is CCOC(=O)c1[nH]c(C)c(C(=O)CN(Cc2cccnc2)C(=O)C2CCC2)c1C. The molecular formula is C22H27N3O4. The number of nitrogens with zero attached hydrogens (tertiary/aromatic N) is 2. The Morgan fingerprint density at radius 3 is 2.62 bits per heavy atom. The van der Waals surface area contributed by atoms with Crippen molar-refractivity contribution in [3.8, 4) is 0 Å². The Morgan fingerprint density at radius 2 is 2.03 bits per heavy atom. The maximum Gasteiger partial charge on any atom is 0.355 e. The van der Waals surface area contributed by atoms with Crippen molar-refractivity contribution < 1.29 is 19.1 Å². The first-order valence-electron chi connectivity index (χ1n) is 9.99. The highest BCUT2D eigenvalue weighted by molar-refractivity contribution is 6.04. The fourth-order valence-corrected chi connectivity index (χ4v) is 3.67. The van der Waals surface area contributed by atoms with E-state index in [2.05, 4.69) is 9.97 Å². The summed E-state index contributed by atoms with van der Waals surface area (Å²) in [5, 5.41) is 0. The zero-order valence-electron chi connectivity index (χ0n) is 17.2. The molecule has 0 aliphatic heterocycles. The van der Waals surface area contributed by atoms with E-state index in [1.54, 1.807) is 38.1 Å². The Labute approximate surface area is 170 Å². The van der Waals surface area contributed by atoms with Crippen LogP contribution in [0.4, 0.5) is 0 Å². The average molecular weight is 397 g/mol. The highest BCUT2D eigenvalue weighted by Crippen LogP contribution is 2.29. The van der Waals surface area contributed by atoms with Crippen molar-refractivity contribution in [1.29, 1.82) is 0 Å². The van der Waals surface area contributed by atoms with Crippen LogP contribution in [0.3, 0.4) is 0 Å². The van der Waals surface area contributed by atoms with Crippen LogP contribution in [-0.4, -0.2) is 45.7 Å². The molecule has 1 fully saturated rings. The van der Waals surface area contributed by atoms with Crippen LogP contribution in [0.15, 0.2) is 24.5 Å². The molecule has 3 rings (SSSR count). The van der Waals surface area contributed by atoms with Crippen molar-refractivity contribution >= 4 is 17.7 Å². The van der Waals surface area contributed by atoms with Gasteiger partial charge in [-0.05, 0) is 50.8 Å². The van der Waals surface area contributed by atoms with Crippen LogP contribution < -0.4 is 0 Å². The van der Waals surface area contributed by atoms with Crippen LogP contribution in [0, 0.1) is 19.8 Å². The Hall–Kier alpha value is -2.96. The molecular weight excluding hydrogens is 370 g/mol. The van der Waals surface area contributed by atoms with E-state index in [-0.39, 0.29) is 36.5 Å². The minimum atomic E-state index is -0.482. The molecule has 2 aromatic heterocycles. The van der Waals surface area contributed by atoms with Crippen LogP contribution in [0.25, 0.3) is 0 Å². The van der Waals surface area contributed by atoms with Crippen LogP contribution in [0.1, 0.15) is 63.9 Å². The summed E-state index contributed by atoms with van der Waals surface area (Å²) in [6.45, 7) is 5.77. The number of carbonyl (C=O) groups excluding carboxylic acids is 3. The van der Waals surface area contributed by atoms with Gasteiger partial charge in [-0.3, -0.25) is 14.6 Å². The number of esters is 1. The van der Waals surface area contributed by atoms with Crippen molar-refractivity contribution in [1.82, 2.24) is 14.9 Å². The average Bonchev–Trinajstić information content (AvgIpc) is 2.95. The molecule has 29 heavy (non-hydrogen) atoms. The first-order chi connectivity index (χ1) is 13.9. The number of carbonyl (C=O) groups is 3. The van der Waals surface area contributed by atoms with E-state index < -0.39 is 5.97 Å². The third kappa shape index (κ3) is 4.55. The molecule has 0 aromatic carbocycles. The second kappa shape index (κ2) is 9.03. The predicted molar refractivity (Wildman–Crippen MR) is 108 cm³/mol. The number of nitrogens with one attached hydrogen (secondary N) is 1. The zero-order valence-corrected chi connectivity index (χ0v) is 17.2. The summed E-state index contributed by atoms with van der Waals surface area (Å²) in [5.41, 5.74) is 2.78. The summed E-state index contributed by atoms with van der Waals surface area (Å²) in [6.07, 6.45) is 6.16. The maximum atomic E-state index is 13.1. The molecule has 1 aliphatic carbocycles. The molecule has 7 nitrogen and oxygen atoms in total. The number of aromatic amines is 1. The van der Waals surface area contributed by atoms with E-state index in [0.29, 0.717) is 23.4 Å². The lowest BCUT2D eigenvalue weighted by Crippen LogP contribution is -2.41.